The Kier molecular flexibility index (Phi) is 3.99. The van der Waals surface area contributed by atoms with Gasteiger partial charge in [-0.15, -0.1) is 0 Å². The highest BCUT2D eigenvalue weighted by atomic mass is 35.5. The molecular weight excluding hydrogens is 261 g/mol. The minimum atomic E-state index is 0.418. The van der Waals surface area contributed by atoms with E-state index in [0.717, 1.165) is 6.42 Å². The van der Waals surface area contributed by atoms with Crippen LogP contribution in [0.2, 0.25) is 10.0 Å². The Morgan fingerprint density at radius 1 is 1.18 bits per heavy atom. The molecule has 0 unspecified atom stereocenters. The lowest BCUT2D eigenvalue weighted by atomic mass is 10.2. The fraction of sp³-hybridized carbons (Fsp3) is 0.273. The predicted octanol–water partition coefficient (Wildman–Crippen LogP) is 2.93. The first-order valence-electron chi connectivity index (χ1n) is 5.18. The number of nitrogens with two attached hydrogens (primary N) is 1. The van der Waals surface area contributed by atoms with E-state index < -0.39 is 0 Å². The molecule has 4 nitrogen and oxygen atoms in total. The van der Waals surface area contributed by atoms with Crippen molar-refractivity contribution in [1.82, 2.24) is 10.1 Å². The minimum absolute atomic E-state index is 0.418. The van der Waals surface area contributed by atoms with E-state index in [4.69, 9.17) is 33.5 Å². The smallest absolute Gasteiger partial charge is 0.258 e. The number of hydrogen-bond donors (Lipinski definition) is 1. The molecule has 0 atom stereocenters. The van der Waals surface area contributed by atoms with Crippen LogP contribution in [0.5, 0.6) is 0 Å². The molecule has 1 aromatic heterocycles. The van der Waals surface area contributed by atoms with Gasteiger partial charge in [-0.3, -0.25) is 0 Å². The van der Waals surface area contributed by atoms with E-state index in [-0.39, 0.29) is 0 Å². The number of benzene rings is 1. The van der Waals surface area contributed by atoms with Crippen LogP contribution in [-0.2, 0) is 6.42 Å². The number of hydrogen-bond acceptors (Lipinski definition) is 4. The average Bonchev–Trinajstić information content (AvgIpc) is 2.73. The number of rotatable bonds is 4. The SMILES string of the molecule is NCCCc1noc(-c2cc(Cl)cc(Cl)c2)n1. The van der Waals surface area contributed by atoms with Crippen molar-refractivity contribution in [3.8, 4) is 11.5 Å². The Labute approximate surface area is 109 Å². The molecule has 2 aromatic rings. The van der Waals surface area contributed by atoms with Gasteiger partial charge in [-0.25, -0.2) is 0 Å². The molecule has 2 N–H and O–H groups in total. The Bertz CT molecular complexity index is 493. The van der Waals surface area contributed by atoms with Crippen molar-refractivity contribution in [2.75, 3.05) is 6.54 Å². The maximum Gasteiger partial charge on any atom is 0.258 e. The van der Waals surface area contributed by atoms with Gasteiger partial charge >= 0.3 is 0 Å². The summed E-state index contributed by atoms with van der Waals surface area (Å²) in [6.07, 6.45) is 1.53. The van der Waals surface area contributed by atoms with Crippen LogP contribution in [0.4, 0.5) is 0 Å². The van der Waals surface area contributed by atoms with Gasteiger partial charge in [-0.1, -0.05) is 28.4 Å². The molecule has 0 saturated heterocycles. The van der Waals surface area contributed by atoms with E-state index in [9.17, 15) is 0 Å². The topological polar surface area (TPSA) is 64.9 Å². The number of aromatic nitrogens is 2. The molecule has 1 heterocycles. The molecule has 0 fully saturated rings. The third kappa shape index (κ3) is 3.19. The van der Waals surface area contributed by atoms with Gasteiger partial charge in [0.2, 0.25) is 0 Å². The van der Waals surface area contributed by atoms with Crippen LogP contribution in [0.3, 0.4) is 0 Å². The van der Waals surface area contributed by atoms with Crippen LogP contribution >= 0.6 is 23.2 Å². The summed E-state index contributed by atoms with van der Waals surface area (Å²) >= 11 is 11.8. The van der Waals surface area contributed by atoms with Crippen molar-refractivity contribution in [3.63, 3.8) is 0 Å². The van der Waals surface area contributed by atoms with Crippen molar-refractivity contribution in [3.05, 3.63) is 34.1 Å². The fourth-order valence-corrected chi connectivity index (χ4v) is 1.94. The summed E-state index contributed by atoms with van der Waals surface area (Å²) in [5.74, 6) is 1.06. The van der Waals surface area contributed by atoms with E-state index >= 15 is 0 Å². The zero-order chi connectivity index (χ0) is 12.3. The molecule has 90 valence electrons. The molecule has 6 heteroatoms. The molecule has 2 rings (SSSR count). The van der Waals surface area contributed by atoms with Gasteiger partial charge in [-0.05, 0) is 31.2 Å². The highest BCUT2D eigenvalue weighted by Crippen LogP contribution is 2.26. The van der Waals surface area contributed by atoms with E-state index in [1.165, 1.54) is 0 Å². The van der Waals surface area contributed by atoms with Crippen molar-refractivity contribution in [1.29, 1.82) is 0 Å². The summed E-state index contributed by atoms with van der Waals surface area (Å²) in [5.41, 5.74) is 6.13. The lowest BCUT2D eigenvalue weighted by molar-refractivity contribution is 0.422. The van der Waals surface area contributed by atoms with Crippen LogP contribution in [0.1, 0.15) is 12.2 Å². The largest absolute Gasteiger partial charge is 0.334 e. The van der Waals surface area contributed by atoms with Crippen molar-refractivity contribution < 1.29 is 4.52 Å². The van der Waals surface area contributed by atoms with Gasteiger partial charge in [0.25, 0.3) is 5.89 Å². The molecule has 0 radical (unpaired) electrons. The number of aryl methyl sites for hydroxylation is 1. The molecule has 1 aromatic carbocycles. The quantitative estimate of drug-likeness (QED) is 0.929. The van der Waals surface area contributed by atoms with Crippen LogP contribution < -0.4 is 5.73 Å². The molecule has 0 aliphatic rings. The summed E-state index contributed by atoms with van der Waals surface area (Å²) in [7, 11) is 0. The van der Waals surface area contributed by atoms with Crippen LogP contribution in [-0.4, -0.2) is 16.7 Å². The second kappa shape index (κ2) is 5.49. The predicted molar refractivity (Wildman–Crippen MR) is 67.1 cm³/mol. The third-order valence-electron chi connectivity index (χ3n) is 2.18. The Morgan fingerprint density at radius 2 is 1.88 bits per heavy atom. The normalized spacial score (nSPS) is 10.8. The zero-order valence-electron chi connectivity index (χ0n) is 8.99. The second-order valence-electron chi connectivity index (χ2n) is 3.57. The minimum Gasteiger partial charge on any atom is -0.334 e. The Balaban J connectivity index is 2.24. The van der Waals surface area contributed by atoms with Gasteiger partial charge < -0.3 is 10.3 Å². The highest BCUT2D eigenvalue weighted by Gasteiger charge is 2.09. The molecule has 0 aliphatic carbocycles. The van der Waals surface area contributed by atoms with Crippen LogP contribution in [0, 0.1) is 0 Å². The van der Waals surface area contributed by atoms with Crippen molar-refractivity contribution in [2.45, 2.75) is 12.8 Å². The third-order valence-corrected chi connectivity index (χ3v) is 2.62. The van der Waals surface area contributed by atoms with Gasteiger partial charge in [0.1, 0.15) is 0 Å². The maximum atomic E-state index is 5.90. The maximum absolute atomic E-state index is 5.90. The zero-order valence-corrected chi connectivity index (χ0v) is 10.5. The second-order valence-corrected chi connectivity index (χ2v) is 4.44. The van der Waals surface area contributed by atoms with Gasteiger partial charge in [0.05, 0.1) is 0 Å². The molecule has 0 aliphatic heterocycles. The Morgan fingerprint density at radius 3 is 2.53 bits per heavy atom. The van der Waals surface area contributed by atoms with E-state index in [1.54, 1.807) is 18.2 Å². The lowest BCUT2D eigenvalue weighted by Crippen LogP contribution is -2.01. The van der Waals surface area contributed by atoms with Crippen LogP contribution in [0.15, 0.2) is 22.7 Å². The van der Waals surface area contributed by atoms with E-state index in [0.29, 0.717) is 40.3 Å². The summed E-state index contributed by atoms with van der Waals surface area (Å²) in [6, 6.07) is 5.11. The summed E-state index contributed by atoms with van der Waals surface area (Å²) in [4.78, 5) is 4.25. The standard InChI is InChI=1S/C11H11Cl2N3O/c12-8-4-7(5-9(13)6-8)11-15-10(16-17-11)2-1-3-14/h4-6H,1-3,14H2. The molecular formula is C11H11Cl2N3O. The van der Waals surface area contributed by atoms with E-state index in [1.807, 2.05) is 0 Å². The van der Waals surface area contributed by atoms with Crippen molar-refractivity contribution >= 4 is 23.2 Å². The van der Waals surface area contributed by atoms with E-state index in [2.05, 4.69) is 10.1 Å². The highest BCUT2D eigenvalue weighted by molar-refractivity contribution is 6.35. The first-order valence-corrected chi connectivity index (χ1v) is 5.94. The van der Waals surface area contributed by atoms with Gasteiger partial charge in [0, 0.05) is 22.0 Å². The molecule has 0 bridgehead atoms. The monoisotopic (exact) mass is 271 g/mol. The summed E-state index contributed by atoms with van der Waals surface area (Å²) in [6.45, 7) is 0.604. The van der Waals surface area contributed by atoms with Crippen LogP contribution in [0.25, 0.3) is 11.5 Å². The first kappa shape index (κ1) is 12.4. The average molecular weight is 272 g/mol. The Hall–Kier alpha value is -1.10. The fourth-order valence-electron chi connectivity index (χ4n) is 1.41. The number of nitrogens with zero attached hydrogens (tertiary/aromatic N) is 2. The molecule has 0 saturated carbocycles. The lowest BCUT2D eigenvalue weighted by Gasteiger charge is -1.96. The van der Waals surface area contributed by atoms with Gasteiger partial charge in [-0.2, -0.15) is 4.98 Å². The summed E-state index contributed by atoms with van der Waals surface area (Å²) < 4.78 is 5.14. The van der Waals surface area contributed by atoms with Gasteiger partial charge in [0.15, 0.2) is 5.82 Å². The summed E-state index contributed by atoms with van der Waals surface area (Å²) in [5, 5.41) is 4.93. The molecule has 0 amide bonds. The molecule has 17 heavy (non-hydrogen) atoms. The molecule has 0 spiro atoms. The number of halogens is 2. The first-order chi connectivity index (χ1) is 8.19. The van der Waals surface area contributed by atoms with Crippen molar-refractivity contribution in [2.24, 2.45) is 5.73 Å².